The van der Waals surface area contributed by atoms with E-state index in [1.807, 2.05) is 6.92 Å². The maximum atomic E-state index is 5.83. The lowest BCUT2D eigenvalue weighted by Crippen LogP contribution is -2.14. The van der Waals surface area contributed by atoms with E-state index < -0.39 is 0 Å². The molecule has 0 atom stereocenters. The smallest absolute Gasteiger partial charge is 0.124 e. The van der Waals surface area contributed by atoms with Crippen LogP contribution in [-0.4, -0.2) is 6.61 Å². The third kappa shape index (κ3) is 3.54. The molecule has 0 spiro atoms. The van der Waals surface area contributed by atoms with Crippen LogP contribution in [0.1, 0.15) is 23.6 Å². The number of ether oxygens (including phenoxy) is 1. The van der Waals surface area contributed by atoms with Gasteiger partial charge in [-0.25, -0.2) is 0 Å². The van der Waals surface area contributed by atoms with Crippen LogP contribution in [0.3, 0.4) is 0 Å². The van der Waals surface area contributed by atoms with Crippen molar-refractivity contribution in [3.05, 3.63) is 77.4 Å². The van der Waals surface area contributed by atoms with Crippen molar-refractivity contribution in [2.24, 2.45) is 0 Å². The zero-order valence-electron chi connectivity index (χ0n) is 13.8. The highest BCUT2D eigenvalue weighted by atomic mass is 16.5. The van der Waals surface area contributed by atoms with Gasteiger partial charge in [-0.3, -0.25) is 0 Å². The van der Waals surface area contributed by atoms with Crippen molar-refractivity contribution in [1.82, 2.24) is 5.32 Å². The minimum Gasteiger partial charge on any atom is -0.494 e. The summed E-state index contributed by atoms with van der Waals surface area (Å²) >= 11 is 0. The second kappa shape index (κ2) is 7.30. The summed E-state index contributed by atoms with van der Waals surface area (Å²) in [5.41, 5.74) is 3.90. The number of benzene rings is 3. The van der Waals surface area contributed by atoms with E-state index >= 15 is 0 Å². The van der Waals surface area contributed by atoms with Gasteiger partial charge < -0.3 is 10.1 Å². The Morgan fingerprint density at radius 2 is 1.65 bits per heavy atom. The van der Waals surface area contributed by atoms with Crippen molar-refractivity contribution >= 4 is 10.8 Å². The lowest BCUT2D eigenvalue weighted by atomic mass is 10.0. The van der Waals surface area contributed by atoms with Gasteiger partial charge in [-0.05, 0) is 41.8 Å². The van der Waals surface area contributed by atoms with E-state index in [0.29, 0.717) is 6.61 Å². The fourth-order valence-corrected chi connectivity index (χ4v) is 2.92. The molecule has 0 heterocycles. The minimum atomic E-state index is 0.684. The molecule has 3 rings (SSSR count). The number of hydrogen-bond donors (Lipinski definition) is 1. The summed E-state index contributed by atoms with van der Waals surface area (Å²) in [7, 11) is 0. The first-order valence-electron chi connectivity index (χ1n) is 8.18. The molecule has 2 nitrogen and oxygen atoms in total. The summed E-state index contributed by atoms with van der Waals surface area (Å²) in [5, 5.41) is 6.08. The third-order valence-corrected chi connectivity index (χ3v) is 4.18. The van der Waals surface area contributed by atoms with Gasteiger partial charge in [0.05, 0.1) is 6.61 Å². The number of nitrogens with one attached hydrogen (secondary N) is 1. The molecule has 3 aromatic carbocycles. The Hall–Kier alpha value is -2.32. The molecule has 0 saturated carbocycles. The Balaban J connectivity index is 1.83. The number of rotatable bonds is 6. The van der Waals surface area contributed by atoms with Crippen LogP contribution in [0.5, 0.6) is 5.75 Å². The van der Waals surface area contributed by atoms with Crippen LogP contribution in [0.4, 0.5) is 0 Å². The Bertz CT molecular complexity index is 795. The van der Waals surface area contributed by atoms with E-state index in [0.717, 1.165) is 18.8 Å². The van der Waals surface area contributed by atoms with Crippen LogP contribution in [0, 0.1) is 6.92 Å². The second-order valence-corrected chi connectivity index (χ2v) is 5.73. The van der Waals surface area contributed by atoms with E-state index in [1.165, 1.54) is 27.5 Å². The Labute approximate surface area is 138 Å². The van der Waals surface area contributed by atoms with E-state index in [1.54, 1.807) is 0 Å². The van der Waals surface area contributed by atoms with Gasteiger partial charge in [-0.1, -0.05) is 54.6 Å². The quantitative estimate of drug-likeness (QED) is 0.704. The van der Waals surface area contributed by atoms with Crippen molar-refractivity contribution < 1.29 is 4.74 Å². The maximum Gasteiger partial charge on any atom is 0.124 e. The van der Waals surface area contributed by atoms with E-state index in [9.17, 15) is 0 Å². The Morgan fingerprint density at radius 3 is 2.48 bits per heavy atom. The average Bonchev–Trinajstić information content (AvgIpc) is 2.58. The van der Waals surface area contributed by atoms with Gasteiger partial charge in [-0.15, -0.1) is 0 Å². The molecule has 0 aliphatic rings. The molecule has 0 fully saturated rings. The lowest BCUT2D eigenvalue weighted by Gasteiger charge is -2.15. The monoisotopic (exact) mass is 305 g/mol. The summed E-state index contributed by atoms with van der Waals surface area (Å²) in [4.78, 5) is 0. The van der Waals surface area contributed by atoms with Crippen molar-refractivity contribution in [3.8, 4) is 5.75 Å². The van der Waals surface area contributed by atoms with Crippen LogP contribution in [0.15, 0.2) is 60.7 Å². The van der Waals surface area contributed by atoms with Gasteiger partial charge in [0.25, 0.3) is 0 Å². The molecular weight excluding hydrogens is 282 g/mol. The molecule has 3 aromatic rings. The molecule has 0 aliphatic heterocycles. The molecule has 118 valence electrons. The highest BCUT2D eigenvalue weighted by molar-refractivity contribution is 5.87. The van der Waals surface area contributed by atoms with Gasteiger partial charge in [0, 0.05) is 18.7 Å². The first kappa shape index (κ1) is 15.6. The second-order valence-electron chi connectivity index (χ2n) is 5.73. The summed E-state index contributed by atoms with van der Waals surface area (Å²) in [6.45, 7) is 6.52. The normalized spacial score (nSPS) is 10.9. The fraction of sp³-hybridized carbons (Fsp3) is 0.238. The minimum absolute atomic E-state index is 0.684. The molecule has 0 amide bonds. The highest BCUT2D eigenvalue weighted by Crippen LogP contribution is 2.28. The molecule has 23 heavy (non-hydrogen) atoms. The first-order chi connectivity index (χ1) is 11.3. The largest absolute Gasteiger partial charge is 0.494 e. The Morgan fingerprint density at radius 1 is 0.870 bits per heavy atom. The molecule has 2 heteroatoms. The summed E-state index contributed by atoms with van der Waals surface area (Å²) in [5.74, 6) is 0.975. The predicted octanol–water partition coefficient (Wildman–Crippen LogP) is 4.84. The van der Waals surface area contributed by atoms with E-state index in [4.69, 9.17) is 4.74 Å². The number of hydrogen-bond acceptors (Lipinski definition) is 2. The maximum absolute atomic E-state index is 5.83. The zero-order valence-corrected chi connectivity index (χ0v) is 13.8. The van der Waals surface area contributed by atoms with Crippen molar-refractivity contribution in [1.29, 1.82) is 0 Å². The van der Waals surface area contributed by atoms with E-state index in [2.05, 4.69) is 72.9 Å². The fourth-order valence-electron chi connectivity index (χ4n) is 2.92. The molecule has 0 saturated heterocycles. The van der Waals surface area contributed by atoms with Gasteiger partial charge in [0.1, 0.15) is 5.75 Å². The standard InChI is InChI=1S/C21H23NO/c1-3-23-21-13-12-17-9-6-7-11-19(17)20(21)15-22-14-18-10-5-4-8-16(18)2/h4-13,22H,3,14-15H2,1-2H3. The van der Waals surface area contributed by atoms with E-state index in [-0.39, 0.29) is 0 Å². The van der Waals surface area contributed by atoms with Crippen molar-refractivity contribution in [2.45, 2.75) is 26.9 Å². The van der Waals surface area contributed by atoms with Crippen LogP contribution < -0.4 is 10.1 Å². The van der Waals surface area contributed by atoms with Crippen molar-refractivity contribution in [3.63, 3.8) is 0 Å². The third-order valence-electron chi connectivity index (χ3n) is 4.18. The van der Waals surface area contributed by atoms with Crippen LogP contribution in [-0.2, 0) is 13.1 Å². The molecule has 1 N–H and O–H groups in total. The van der Waals surface area contributed by atoms with Gasteiger partial charge in [0.2, 0.25) is 0 Å². The van der Waals surface area contributed by atoms with Crippen molar-refractivity contribution in [2.75, 3.05) is 6.61 Å². The lowest BCUT2D eigenvalue weighted by molar-refractivity contribution is 0.336. The SMILES string of the molecule is CCOc1ccc2ccccc2c1CNCc1ccccc1C. The number of aryl methyl sites for hydroxylation is 1. The molecule has 0 radical (unpaired) electrons. The zero-order chi connectivity index (χ0) is 16.1. The van der Waals surface area contributed by atoms with Crippen LogP contribution in [0.25, 0.3) is 10.8 Å². The highest BCUT2D eigenvalue weighted by Gasteiger charge is 2.08. The summed E-state index contributed by atoms with van der Waals surface area (Å²) in [6.07, 6.45) is 0. The van der Waals surface area contributed by atoms with Crippen LogP contribution >= 0.6 is 0 Å². The summed E-state index contributed by atoms with van der Waals surface area (Å²) < 4.78 is 5.83. The van der Waals surface area contributed by atoms with Gasteiger partial charge in [0.15, 0.2) is 0 Å². The molecule has 0 unspecified atom stereocenters. The number of fused-ring (bicyclic) bond motifs is 1. The van der Waals surface area contributed by atoms with Gasteiger partial charge >= 0.3 is 0 Å². The first-order valence-corrected chi connectivity index (χ1v) is 8.18. The molecule has 0 aliphatic carbocycles. The summed E-state index contributed by atoms with van der Waals surface area (Å²) in [6, 6.07) is 21.2. The molecule has 0 bridgehead atoms. The molecular formula is C21H23NO. The van der Waals surface area contributed by atoms with Gasteiger partial charge in [-0.2, -0.15) is 0 Å². The average molecular weight is 305 g/mol. The Kier molecular flexibility index (Phi) is 4.94. The topological polar surface area (TPSA) is 21.3 Å². The van der Waals surface area contributed by atoms with Crippen LogP contribution in [0.2, 0.25) is 0 Å². The predicted molar refractivity (Wildman–Crippen MR) is 96.8 cm³/mol. The molecule has 0 aromatic heterocycles.